The second-order valence-electron chi connectivity index (χ2n) is 3.44. The van der Waals surface area contributed by atoms with Crippen molar-refractivity contribution >= 4 is 11.8 Å². The maximum Gasteiger partial charge on any atom is 0.270 e. The maximum absolute atomic E-state index is 11.8. The summed E-state index contributed by atoms with van der Waals surface area (Å²) < 4.78 is 5.17. The van der Waals surface area contributed by atoms with Crippen LogP contribution in [-0.4, -0.2) is 15.7 Å². The van der Waals surface area contributed by atoms with Crippen molar-refractivity contribution in [1.29, 1.82) is 10.5 Å². The number of aromatic amines is 1. The van der Waals surface area contributed by atoms with Crippen LogP contribution in [0.15, 0.2) is 32.8 Å². The van der Waals surface area contributed by atoms with Crippen LogP contribution in [0.2, 0.25) is 0 Å². The highest BCUT2D eigenvalue weighted by Crippen LogP contribution is 2.22. The number of hydrogen-bond donors (Lipinski definition) is 1. The summed E-state index contributed by atoms with van der Waals surface area (Å²) in [7, 11) is 0. The number of nitriles is 2. The quantitative estimate of drug-likeness (QED) is 0.517. The van der Waals surface area contributed by atoms with E-state index in [-0.39, 0.29) is 11.3 Å². The molecule has 2 aromatic rings. The molecule has 0 fully saturated rings. The number of hydrogen-bond acceptors (Lipinski definition) is 6. The van der Waals surface area contributed by atoms with Gasteiger partial charge in [0.25, 0.3) is 5.56 Å². The summed E-state index contributed by atoms with van der Waals surface area (Å²) in [5.74, 6) is 0.882. The van der Waals surface area contributed by atoms with Gasteiger partial charge in [-0.2, -0.15) is 10.5 Å². The molecule has 7 heteroatoms. The van der Waals surface area contributed by atoms with Crippen molar-refractivity contribution < 1.29 is 4.42 Å². The van der Waals surface area contributed by atoms with Crippen molar-refractivity contribution in [3.8, 4) is 23.6 Å². The highest BCUT2D eigenvalue weighted by Gasteiger charge is 2.15. The number of rotatable bonds is 4. The van der Waals surface area contributed by atoms with E-state index in [1.54, 1.807) is 12.1 Å². The minimum absolute atomic E-state index is 0.0837. The Kier molecular flexibility index (Phi) is 4.01. The molecule has 6 nitrogen and oxygen atoms in total. The second-order valence-corrected chi connectivity index (χ2v) is 4.52. The molecule has 2 aromatic heterocycles. The van der Waals surface area contributed by atoms with Crippen molar-refractivity contribution in [3.05, 3.63) is 34.3 Å². The SMILES string of the molecule is N#CCCSc1nc(-c2ccco2)c(C#N)c(=O)[nH]1. The summed E-state index contributed by atoms with van der Waals surface area (Å²) in [5.41, 5.74) is -0.376. The van der Waals surface area contributed by atoms with Gasteiger partial charge in [-0.05, 0) is 12.1 Å². The Morgan fingerprint density at radius 2 is 2.32 bits per heavy atom. The molecule has 0 atom stereocenters. The fraction of sp³-hybridized carbons (Fsp3) is 0.167. The molecule has 0 aliphatic rings. The topological polar surface area (TPSA) is 106 Å². The Morgan fingerprint density at radius 1 is 1.47 bits per heavy atom. The lowest BCUT2D eigenvalue weighted by atomic mass is 10.2. The molecule has 0 aliphatic carbocycles. The molecule has 0 aromatic carbocycles. The predicted octanol–water partition coefficient (Wildman–Crippen LogP) is 1.91. The van der Waals surface area contributed by atoms with Crippen molar-refractivity contribution in [1.82, 2.24) is 9.97 Å². The van der Waals surface area contributed by atoms with Gasteiger partial charge in [0.15, 0.2) is 10.9 Å². The van der Waals surface area contributed by atoms with E-state index < -0.39 is 5.56 Å². The lowest BCUT2D eigenvalue weighted by molar-refractivity contribution is 0.578. The Hall–Kier alpha value is -2.51. The van der Waals surface area contributed by atoms with Crippen LogP contribution in [0.3, 0.4) is 0 Å². The third-order valence-corrected chi connectivity index (χ3v) is 3.09. The average Bonchev–Trinajstić information content (AvgIpc) is 2.92. The molecular formula is C12H8N4O2S. The number of nitrogens with one attached hydrogen (secondary N) is 1. The molecule has 0 saturated carbocycles. The Labute approximate surface area is 112 Å². The van der Waals surface area contributed by atoms with Crippen molar-refractivity contribution in [2.45, 2.75) is 11.6 Å². The van der Waals surface area contributed by atoms with Crippen LogP contribution in [0.1, 0.15) is 12.0 Å². The predicted molar refractivity (Wildman–Crippen MR) is 68.2 cm³/mol. The zero-order valence-electron chi connectivity index (χ0n) is 9.71. The zero-order valence-corrected chi connectivity index (χ0v) is 10.5. The number of thioether (sulfide) groups is 1. The van der Waals surface area contributed by atoms with Gasteiger partial charge in [0.1, 0.15) is 17.3 Å². The van der Waals surface area contributed by atoms with Crippen LogP contribution in [-0.2, 0) is 0 Å². The number of furan rings is 1. The van der Waals surface area contributed by atoms with E-state index in [0.29, 0.717) is 23.1 Å². The summed E-state index contributed by atoms with van der Waals surface area (Å²) in [4.78, 5) is 18.5. The first-order chi connectivity index (χ1) is 9.26. The lowest BCUT2D eigenvalue weighted by Crippen LogP contribution is -2.14. The molecule has 2 heterocycles. The lowest BCUT2D eigenvalue weighted by Gasteiger charge is -2.03. The van der Waals surface area contributed by atoms with Gasteiger partial charge < -0.3 is 9.40 Å². The van der Waals surface area contributed by atoms with Gasteiger partial charge in [0, 0.05) is 12.2 Å². The van der Waals surface area contributed by atoms with Gasteiger partial charge in [-0.15, -0.1) is 0 Å². The van der Waals surface area contributed by atoms with E-state index in [0.717, 1.165) is 0 Å². The van der Waals surface area contributed by atoms with E-state index in [2.05, 4.69) is 9.97 Å². The molecule has 1 N–H and O–H groups in total. The molecular weight excluding hydrogens is 264 g/mol. The Balaban J connectivity index is 2.44. The molecule has 2 rings (SSSR count). The third kappa shape index (κ3) is 2.84. The first kappa shape index (κ1) is 12.9. The van der Waals surface area contributed by atoms with Crippen LogP contribution >= 0.6 is 11.8 Å². The summed E-state index contributed by atoms with van der Waals surface area (Å²) in [6.45, 7) is 0. The van der Waals surface area contributed by atoms with E-state index in [1.165, 1.54) is 18.0 Å². The fourth-order valence-electron chi connectivity index (χ4n) is 1.41. The van der Waals surface area contributed by atoms with Crippen LogP contribution in [0, 0.1) is 22.7 Å². The standard InChI is InChI=1S/C12H8N4O2S/c13-4-2-6-19-12-15-10(9-3-1-5-18-9)8(7-14)11(17)16-12/h1,3,5H,2,6H2,(H,15,16,17). The van der Waals surface area contributed by atoms with Gasteiger partial charge in [-0.1, -0.05) is 11.8 Å². The van der Waals surface area contributed by atoms with E-state index in [1.807, 2.05) is 12.1 Å². The Bertz CT molecular complexity index is 707. The third-order valence-electron chi connectivity index (χ3n) is 2.22. The van der Waals surface area contributed by atoms with Crippen LogP contribution in [0.5, 0.6) is 0 Å². The molecule has 0 bridgehead atoms. The Morgan fingerprint density at radius 3 is 2.95 bits per heavy atom. The molecule has 0 amide bonds. The fourth-order valence-corrected chi connectivity index (χ4v) is 2.12. The van der Waals surface area contributed by atoms with Crippen LogP contribution in [0.4, 0.5) is 0 Å². The molecule has 19 heavy (non-hydrogen) atoms. The zero-order chi connectivity index (χ0) is 13.7. The number of aromatic nitrogens is 2. The van der Waals surface area contributed by atoms with E-state index in [9.17, 15) is 4.79 Å². The maximum atomic E-state index is 11.8. The first-order valence-electron chi connectivity index (χ1n) is 5.34. The van der Waals surface area contributed by atoms with Gasteiger partial charge in [-0.25, -0.2) is 4.98 Å². The molecule has 0 spiro atoms. The first-order valence-corrected chi connectivity index (χ1v) is 6.33. The van der Waals surface area contributed by atoms with Gasteiger partial charge >= 0.3 is 0 Å². The van der Waals surface area contributed by atoms with Gasteiger partial charge in [0.05, 0.1) is 12.3 Å². The van der Waals surface area contributed by atoms with Crippen LogP contribution in [0.25, 0.3) is 11.5 Å². The minimum Gasteiger partial charge on any atom is -0.463 e. The highest BCUT2D eigenvalue weighted by molar-refractivity contribution is 7.99. The van der Waals surface area contributed by atoms with Gasteiger partial charge in [-0.3, -0.25) is 4.79 Å². The smallest absolute Gasteiger partial charge is 0.270 e. The van der Waals surface area contributed by atoms with Crippen LogP contribution < -0.4 is 5.56 Å². The van der Waals surface area contributed by atoms with E-state index >= 15 is 0 Å². The summed E-state index contributed by atoms with van der Waals surface area (Å²) >= 11 is 1.25. The summed E-state index contributed by atoms with van der Waals surface area (Å²) in [5, 5.41) is 17.8. The van der Waals surface area contributed by atoms with Crippen molar-refractivity contribution in [2.75, 3.05) is 5.75 Å². The van der Waals surface area contributed by atoms with E-state index in [4.69, 9.17) is 14.9 Å². The van der Waals surface area contributed by atoms with Gasteiger partial charge in [0.2, 0.25) is 0 Å². The average molecular weight is 272 g/mol. The second kappa shape index (κ2) is 5.89. The monoisotopic (exact) mass is 272 g/mol. The molecule has 0 saturated heterocycles. The highest BCUT2D eigenvalue weighted by atomic mass is 32.2. The summed E-state index contributed by atoms with van der Waals surface area (Å²) in [6, 6.07) is 7.11. The normalized spacial score (nSPS) is 9.79. The largest absolute Gasteiger partial charge is 0.463 e. The summed E-state index contributed by atoms with van der Waals surface area (Å²) in [6.07, 6.45) is 1.80. The minimum atomic E-state index is -0.511. The molecule has 0 aliphatic heterocycles. The van der Waals surface area contributed by atoms with Crippen molar-refractivity contribution in [3.63, 3.8) is 0 Å². The molecule has 94 valence electrons. The molecule has 0 radical (unpaired) electrons. The number of nitrogens with zero attached hydrogens (tertiary/aromatic N) is 3. The number of H-pyrrole nitrogens is 1. The molecule has 0 unspecified atom stereocenters. The van der Waals surface area contributed by atoms with Crippen molar-refractivity contribution in [2.24, 2.45) is 0 Å².